The maximum Gasteiger partial charge on any atom is 0.279 e. The van der Waals surface area contributed by atoms with E-state index in [1.54, 1.807) is 36.4 Å². The Morgan fingerprint density at radius 3 is 2.74 bits per heavy atom. The second-order valence-electron chi connectivity index (χ2n) is 9.64. The van der Waals surface area contributed by atoms with Crippen LogP contribution in [0.15, 0.2) is 73.0 Å². The van der Waals surface area contributed by atoms with Crippen molar-refractivity contribution in [3.8, 4) is 28.0 Å². The Labute approximate surface area is 244 Å². The zero-order chi connectivity index (χ0) is 29.2. The van der Waals surface area contributed by atoms with E-state index in [4.69, 9.17) is 9.47 Å². The van der Waals surface area contributed by atoms with Gasteiger partial charge in [-0.1, -0.05) is 17.9 Å². The van der Waals surface area contributed by atoms with Crippen LogP contribution in [-0.2, 0) is 4.79 Å². The van der Waals surface area contributed by atoms with Crippen LogP contribution >= 0.6 is 11.3 Å². The maximum absolute atomic E-state index is 15.2. The number of amides is 1. The van der Waals surface area contributed by atoms with Gasteiger partial charge in [-0.15, -0.1) is 0 Å². The first-order valence-electron chi connectivity index (χ1n) is 13.0. The lowest BCUT2D eigenvalue weighted by molar-refractivity contribution is -0.129. The molecule has 6 rings (SSSR count). The molecule has 4 heterocycles. The first-order valence-corrected chi connectivity index (χ1v) is 13.9. The van der Waals surface area contributed by atoms with Gasteiger partial charge in [-0.3, -0.25) is 9.78 Å². The zero-order valence-electron chi connectivity index (χ0n) is 22.8. The largest absolute Gasteiger partial charge is 0.495 e. The number of rotatable bonds is 9. The van der Waals surface area contributed by atoms with Gasteiger partial charge in [0.1, 0.15) is 29.5 Å². The van der Waals surface area contributed by atoms with E-state index < -0.39 is 5.82 Å². The molecule has 12 heteroatoms. The van der Waals surface area contributed by atoms with Gasteiger partial charge < -0.3 is 25.0 Å². The Morgan fingerprint density at radius 1 is 1.14 bits per heavy atom. The van der Waals surface area contributed by atoms with E-state index in [2.05, 4.69) is 37.1 Å². The summed E-state index contributed by atoms with van der Waals surface area (Å²) in [6.07, 6.45) is 4.47. The number of pyridine rings is 1. The first kappa shape index (κ1) is 27.1. The van der Waals surface area contributed by atoms with Crippen molar-refractivity contribution in [2.24, 2.45) is 0 Å². The summed E-state index contributed by atoms with van der Waals surface area (Å²) in [5.41, 5.74) is 4.09. The maximum atomic E-state index is 15.2. The summed E-state index contributed by atoms with van der Waals surface area (Å²) in [6, 6.07) is 12.1. The third-order valence-corrected chi connectivity index (χ3v) is 7.49. The summed E-state index contributed by atoms with van der Waals surface area (Å²) in [4.78, 5) is 31.0. The monoisotopic (exact) mass is 583 g/mol. The molecule has 212 valence electrons. The quantitative estimate of drug-likeness (QED) is 0.203. The van der Waals surface area contributed by atoms with Crippen molar-refractivity contribution in [2.75, 3.05) is 30.8 Å². The normalized spacial score (nSPS) is 13.0. The highest BCUT2D eigenvalue weighted by atomic mass is 32.1. The summed E-state index contributed by atoms with van der Waals surface area (Å²) >= 11 is 1.32. The summed E-state index contributed by atoms with van der Waals surface area (Å²) in [6.45, 7) is 6.55. The molecule has 42 heavy (non-hydrogen) atoms. The van der Waals surface area contributed by atoms with E-state index in [1.807, 2.05) is 30.5 Å². The van der Waals surface area contributed by atoms with Crippen molar-refractivity contribution < 1.29 is 18.7 Å². The number of ether oxygens (including phenoxy) is 2. The van der Waals surface area contributed by atoms with E-state index in [0.29, 0.717) is 52.2 Å². The van der Waals surface area contributed by atoms with E-state index in [9.17, 15) is 4.79 Å². The minimum Gasteiger partial charge on any atom is -0.495 e. The standard InChI is InChI=1S/C30H26FN7O3S/c1-4-28(39)38-13-19(14-38)35-25-10-21-24(11-27(25)40-3)33-16-34-29(21)36-23-8-7-20(9-22(23)31)41-30-37-26(15-42-30)18-6-5-17(2)32-12-18/h4-12,15-16,19,35H,1,13-14H2,2-3H3,(H,33,34,36). The minimum atomic E-state index is -0.521. The van der Waals surface area contributed by atoms with Crippen LogP contribution in [0.25, 0.3) is 22.2 Å². The van der Waals surface area contributed by atoms with Crippen molar-refractivity contribution in [3.05, 3.63) is 84.5 Å². The number of aryl methyl sites for hydroxylation is 1. The number of likely N-dealkylation sites (tertiary alicyclic amines) is 1. The van der Waals surface area contributed by atoms with Crippen LogP contribution < -0.4 is 20.1 Å². The fourth-order valence-corrected chi connectivity index (χ4v) is 5.21. The lowest BCUT2D eigenvalue weighted by Crippen LogP contribution is -2.56. The molecule has 1 amide bonds. The average Bonchev–Trinajstić information content (AvgIpc) is 3.44. The van der Waals surface area contributed by atoms with Gasteiger partial charge in [0.25, 0.3) is 5.19 Å². The highest BCUT2D eigenvalue weighted by molar-refractivity contribution is 7.11. The van der Waals surface area contributed by atoms with Crippen molar-refractivity contribution in [2.45, 2.75) is 13.0 Å². The van der Waals surface area contributed by atoms with Crippen LogP contribution in [0.1, 0.15) is 5.69 Å². The fourth-order valence-electron chi connectivity index (χ4n) is 4.51. The Hall–Kier alpha value is -5.10. The number of fused-ring (bicyclic) bond motifs is 1. The molecule has 1 aliphatic rings. The number of carbonyl (C=O) groups is 1. The SMILES string of the molecule is C=CC(=O)N1CC(Nc2cc3c(Nc4ccc(Oc5nc(-c6ccc(C)nc6)cs5)cc4F)ncnc3cc2OC)C1. The lowest BCUT2D eigenvalue weighted by atomic mass is 10.1. The van der Waals surface area contributed by atoms with Crippen molar-refractivity contribution in [3.63, 3.8) is 0 Å². The molecule has 0 saturated carbocycles. The van der Waals surface area contributed by atoms with Gasteiger partial charge in [-0.25, -0.2) is 19.3 Å². The molecule has 0 atom stereocenters. The second-order valence-corrected chi connectivity index (χ2v) is 10.5. The van der Waals surface area contributed by atoms with Crippen LogP contribution in [0.5, 0.6) is 16.7 Å². The number of anilines is 3. The first-order chi connectivity index (χ1) is 20.4. The molecule has 3 aromatic heterocycles. The smallest absolute Gasteiger partial charge is 0.279 e. The number of thiazole rings is 1. The highest BCUT2D eigenvalue weighted by Crippen LogP contribution is 2.36. The predicted molar refractivity (Wildman–Crippen MR) is 160 cm³/mol. The molecular formula is C30H26FN7O3S. The number of benzene rings is 2. The molecule has 0 aliphatic carbocycles. The second kappa shape index (κ2) is 11.4. The van der Waals surface area contributed by atoms with Gasteiger partial charge in [-0.05, 0) is 43.3 Å². The highest BCUT2D eigenvalue weighted by Gasteiger charge is 2.30. The fraction of sp³-hybridized carbons (Fsp3) is 0.167. The molecule has 1 aliphatic heterocycles. The number of methoxy groups -OCH3 is 1. The number of nitrogens with one attached hydrogen (secondary N) is 2. The lowest BCUT2D eigenvalue weighted by Gasteiger charge is -2.39. The number of aromatic nitrogens is 4. The van der Waals surface area contributed by atoms with Crippen LogP contribution in [0.4, 0.5) is 21.6 Å². The van der Waals surface area contributed by atoms with Gasteiger partial charge in [0.2, 0.25) is 5.91 Å². The van der Waals surface area contributed by atoms with E-state index in [1.165, 1.54) is 29.8 Å². The summed E-state index contributed by atoms with van der Waals surface area (Å²) < 4.78 is 26.6. The summed E-state index contributed by atoms with van der Waals surface area (Å²) in [5.74, 6) is 0.707. The molecule has 2 N–H and O–H groups in total. The third-order valence-electron chi connectivity index (χ3n) is 6.77. The van der Waals surface area contributed by atoms with Gasteiger partial charge in [0.15, 0.2) is 0 Å². The molecule has 0 unspecified atom stereocenters. The number of nitrogens with zero attached hydrogens (tertiary/aromatic N) is 5. The molecule has 0 radical (unpaired) electrons. The van der Waals surface area contributed by atoms with E-state index in [0.717, 1.165) is 17.0 Å². The molecule has 0 spiro atoms. The summed E-state index contributed by atoms with van der Waals surface area (Å²) in [5, 5.41) is 9.42. The van der Waals surface area contributed by atoms with Crippen molar-refractivity contribution >= 4 is 45.3 Å². The van der Waals surface area contributed by atoms with Crippen LogP contribution in [0.2, 0.25) is 0 Å². The predicted octanol–water partition coefficient (Wildman–Crippen LogP) is 5.95. The molecule has 1 saturated heterocycles. The van der Waals surface area contributed by atoms with Crippen LogP contribution in [0, 0.1) is 12.7 Å². The number of hydrogen-bond donors (Lipinski definition) is 2. The number of hydrogen-bond acceptors (Lipinski definition) is 10. The molecular weight excluding hydrogens is 557 g/mol. The summed E-state index contributed by atoms with van der Waals surface area (Å²) in [7, 11) is 1.58. The van der Waals surface area contributed by atoms with E-state index in [-0.39, 0.29) is 17.6 Å². The third kappa shape index (κ3) is 5.56. The Balaban J connectivity index is 1.19. The molecule has 0 bridgehead atoms. The van der Waals surface area contributed by atoms with Gasteiger partial charge in [-0.2, -0.15) is 0 Å². The Morgan fingerprint density at radius 2 is 2.00 bits per heavy atom. The van der Waals surface area contributed by atoms with Gasteiger partial charge >= 0.3 is 0 Å². The minimum absolute atomic E-state index is 0.0498. The van der Waals surface area contributed by atoms with Crippen molar-refractivity contribution in [1.29, 1.82) is 0 Å². The zero-order valence-corrected chi connectivity index (χ0v) is 23.6. The molecule has 5 aromatic rings. The number of halogens is 1. The van der Waals surface area contributed by atoms with Gasteiger partial charge in [0, 0.05) is 53.4 Å². The molecule has 10 nitrogen and oxygen atoms in total. The van der Waals surface area contributed by atoms with Crippen LogP contribution in [0.3, 0.4) is 0 Å². The molecule has 1 fully saturated rings. The van der Waals surface area contributed by atoms with Crippen molar-refractivity contribution in [1.82, 2.24) is 24.8 Å². The Kier molecular flexibility index (Phi) is 7.36. The van der Waals surface area contributed by atoms with E-state index >= 15 is 4.39 Å². The van der Waals surface area contributed by atoms with Crippen LogP contribution in [-0.4, -0.2) is 57.0 Å². The van der Waals surface area contributed by atoms with Gasteiger partial charge in [0.05, 0.1) is 35.7 Å². The average molecular weight is 584 g/mol. The number of carbonyl (C=O) groups excluding carboxylic acids is 1. The Bertz CT molecular complexity index is 1790. The molecule has 2 aromatic carbocycles. The topological polar surface area (TPSA) is 114 Å².